The van der Waals surface area contributed by atoms with Crippen molar-refractivity contribution in [3.8, 4) is 0 Å². The summed E-state index contributed by atoms with van der Waals surface area (Å²) in [6.07, 6.45) is 0.691. The van der Waals surface area contributed by atoms with Crippen LogP contribution in [0, 0.1) is 6.92 Å². The van der Waals surface area contributed by atoms with E-state index < -0.39 is 10.0 Å². The summed E-state index contributed by atoms with van der Waals surface area (Å²) in [6, 6.07) is 15.0. The van der Waals surface area contributed by atoms with Gasteiger partial charge in [0.1, 0.15) is 5.76 Å². The number of esters is 1. The maximum absolute atomic E-state index is 12.5. The zero-order valence-electron chi connectivity index (χ0n) is 19.8. The summed E-state index contributed by atoms with van der Waals surface area (Å²) in [5, 5.41) is 12.0. The zero-order valence-corrected chi connectivity index (χ0v) is 20.6. The van der Waals surface area contributed by atoms with Crippen LogP contribution in [0.15, 0.2) is 86.4 Å². The van der Waals surface area contributed by atoms with Crippen LogP contribution in [0.5, 0.6) is 0 Å². The molecule has 0 fully saturated rings. The molecule has 0 amide bonds. The number of anilines is 2. The number of ether oxygens (including phenoxy) is 1. The van der Waals surface area contributed by atoms with Gasteiger partial charge in [-0.1, -0.05) is 11.7 Å². The Kier molecular flexibility index (Phi) is 8.37. The number of rotatable bonds is 11. The summed E-state index contributed by atoms with van der Waals surface area (Å²) in [6.45, 7) is 7.89. The maximum atomic E-state index is 12.5. The molecule has 0 saturated carbocycles. The van der Waals surface area contributed by atoms with Crippen molar-refractivity contribution in [2.75, 3.05) is 29.8 Å². The first-order chi connectivity index (χ1) is 16.6. The number of sulfonamides is 1. The maximum Gasteiger partial charge on any atom is 0.333 e. The van der Waals surface area contributed by atoms with Crippen LogP contribution in [-0.4, -0.2) is 39.7 Å². The predicted octanol–water partition coefficient (Wildman–Crippen LogP) is 5.14. The lowest BCUT2D eigenvalue weighted by atomic mass is 10.2. The van der Waals surface area contributed by atoms with Gasteiger partial charge in [0, 0.05) is 30.9 Å². The summed E-state index contributed by atoms with van der Waals surface area (Å²) in [4.78, 5) is 13.5. The van der Waals surface area contributed by atoms with Gasteiger partial charge in [-0.15, -0.1) is 0 Å². The van der Waals surface area contributed by atoms with Gasteiger partial charge in [-0.3, -0.25) is 4.72 Å². The molecule has 0 aliphatic rings. The van der Waals surface area contributed by atoms with Crippen molar-refractivity contribution >= 4 is 38.9 Å². The van der Waals surface area contributed by atoms with Gasteiger partial charge in [-0.05, 0) is 68.8 Å². The normalized spacial score (nSPS) is 11.4. The van der Waals surface area contributed by atoms with E-state index >= 15 is 0 Å². The van der Waals surface area contributed by atoms with Crippen molar-refractivity contribution in [3.05, 3.63) is 72.5 Å². The largest absolute Gasteiger partial charge is 0.462 e. The summed E-state index contributed by atoms with van der Waals surface area (Å²) in [5.41, 5.74) is 2.53. The Morgan fingerprint density at radius 3 is 2.26 bits per heavy atom. The molecule has 0 saturated heterocycles. The molecule has 0 bridgehead atoms. The van der Waals surface area contributed by atoms with Gasteiger partial charge in [0.2, 0.25) is 0 Å². The van der Waals surface area contributed by atoms with Gasteiger partial charge < -0.3 is 14.2 Å². The molecular weight excluding hydrogens is 470 g/mol. The van der Waals surface area contributed by atoms with Crippen molar-refractivity contribution in [2.45, 2.75) is 25.2 Å². The number of aryl methyl sites for hydroxylation is 1. The van der Waals surface area contributed by atoms with Crippen LogP contribution in [0.2, 0.25) is 0 Å². The molecule has 1 aromatic heterocycles. The third kappa shape index (κ3) is 7.51. The third-order valence-corrected chi connectivity index (χ3v) is 6.18. The molecular formula is C24H27N5O5S. The van der Waals surface area contributed by atoms with Crippen molar-refractivity contribution in [3.63, 3.8) is 0 Å². The number of carbonyl (C=O) groups excluding carboxylic acids is 1. The quantitative estimate of drug-likeness (QED) is 0.168. The molecule has 0 spiro atoms. The third-order valence-electron chi connectivity index (χ3n) is 4.80. The highest BCUT2D eigenvalue weighted by molar-refractivity contribution is 7.92. The van der Waals surface area contributed by atoms with Crippen LogP contribution >= 0.6 is 0 Å². The number of nitrogens with one attached hydrogen (secondary N) is 1. The number of hydrogen-bond donors (Lipinski definition) is 1. The lowest BCUT2D eigenvalue weighted by molar-refractivity contribution is -0.138. The first kappa shape index (κ1) is 25.6. The average Bonchev–Trinajstić information content (AvgIpc) is 3.24. The van der Waals surface area contributed by atoms with Crippen LogP contribution in [0.4, 0.5) is 22.9 Å². The summed E-state index contributed by atoms with van der Waals surface area (Å²) < 4.78 is 37.2. The second-order valence-electron chi connectivity index (χ2n) is 7.83. The molecule has 11 heteroatoms. The Hall–Kier alpha value is -3.99. The van der Waals surface area contributed by atoms with E-state index in [1.54, 1.807) is 26.0 Å². The molecule has 184 valence electrons. The van der Waals surface area contributed by atoms with Gasteiger partial charge in [-0.2, -0.15) is 10.2 Å². The van der Waals surface area contributed by atoms with Crippen molar-refractivity contribution in [1.82, 2.24) is 5.16 Å². The monoisotopic (exact) mass is 497 g/mol. The second kappa shape index (κ2) is 11.4. The predicted molar refractivity (Wildman–Crippen MR) is 133 cm³/mol. The fraction of sp³-hybridized carbons (Fsp3) is 0.250. The Labute approximate surface area is 204 Å². The Morgan fingerprint density at radius 1 is 1.11 bits per heavy atom. The highest BCUT2D eigenvalue weighted by Gasteiger charge is 2.16. The van der Waals surface area contributed by atoms with E-state index in [2.05, 4.69) is 26.7 Å². The van der Waals surface area contributed by atoms with Gasteiger partial charge in [0.25, 0.3) is 10.0 Å². The first-order valence-electron chi connectivity index (χ1n) is 10.8. The molecule has 1 heterocycles. The minimum Gasteiger partial charge on any atom is -0.462 e. The molecule has 0 unspecified atom stereocenters. The number of nitrogens with zero attached hydrogens (tertiary/aromatic N) is 4. The number of aromatic nitrogens is 1. The minimum absolute atomic E-state index is 0.0684. The Bertz CT molecular complexity index is 1300. The molecule has 2 aromatic carbocycles. The molecule has 0 aliphatic carbocycles. The lowest BCUT2D eigenvalue weighted by Crippen LogP contribution is -2.20. The smallest absolute Gasteiger partial charge is 0.333 e. The Balaban J connectivity index is 1.53. The standard InChI is InChI=1S/C24H27N5O5S/c1-17(2)24(30)33-15-5-14-29(4)21-10-6-19(7-11-21)25-26-20-8-12-22(13-9-20)35(31,32)28-23-16-18(3)34-27-23/h6-13,16H,1,5,14-15H2,2-4H3,(H,27,28). The summed E-state index contributed by atoms with van der Waals surface area (Å²) >= 11 is 0. The van der Waals surface area contributed by atoms with E-state index in [1.165, 1.54) is 18.2 Å². The highest BCUT2D eigenvalue weighted by atomic mass is 32.2. The van der Waals surface area contributed by atoms with E-state index in [0.717, 1.165) is 5.69 Å². The van der Waals surface area contributed by atoms with E-state index in [4.69, 9.17) is 9.26 Å². The molecule has 35 heavy (non-hydrogen) atoms. The molecule has 0 radical (unpaired) electrons. The fourth-order valence-corrected chi connectivity index (χ4v) is 3.89. The summed E-state index contributed by atoms with van der Waals surface area (Å²) in [5.74, 6) is 0.239. The van der Waals surface area contributed by atoms with Crippen LogP contribution in [0.25, 0.3) is 0 Å². The van der Waals surface area contributed by atoms with Crippen LogP contribution < -0.4 is 9.62 Å². The Morgan fingerprint density at radius 2 is 1.71 bits per heavy atom. The van der Waals surface area contributed by atoms with Crippen molar-refractivity contribution < 1.29 is 22.5 Å². The number of azo groups is 1. The summed E-state index contributed by atoms with van der Waals surface area (Å²) in [7, 11) is -1.84. The van der Waals surface area contributed by atoms with E-state index in [0.29, 0.717) is 42.3 Å². The molecule has 3 aromatic rings. The number of carbonyl (C=O) groups is 1. The second-order valence-corrected chi connectivity index (χ2v) is 9.51. The molecule has 0 aliphatic heterocycles. The molecule has 0 atom stereocenters. The fourth-order valence-electron chi connectivity index (χ4n) is 2.91. The SMILES string of the molecule is C=C(C)C(=O)OCCCN(C)c1ccc(N=Nc2ccc(S(=O)(=O)Nc3cc(C)on3)cc2)cc1. The van der Waals surface area contributed by atoms with E-state index in [-0.39, 0.29) is 16.7 Å². The van der Waals surface area contributed by atoms with Crippen molar-refractivity contribution in [2.24, 2.45) is 10.2 Å². The van der Waals surface area contributed by atoms with E-state index in [9.17, 15) is 13.2 Å². The molecule has 10 nitrogen and oxygen atoms in total. The van der Waals surface area contributed by atoms with Crippen LogP contribution in [-0.2, 0) is 19.6 Å². The highest BCUT2D eigenvalue weighted by Crippen LogP contribution is 2.23. The van der Waals surface area contributed by atoms with Gasteiger partial charge >= 0.3 is 5.97 Å². The zero-order chi connectivity index (χ0) is 25.4. The lowest BCUT2D eigenvalue weighted by Gasteiger charge is -2.19. The van der Waals surface area contributed by atoms with Crippen LogP contribution in [0.1, 0.15) is 19.1 Å². The molecule has 3 rings (SSSR count). The number of benzene rings is 2. The van der Waals surface area contributed by atoms with Gasteiger partial charge in [0.05, 0.1) is 22.9 Å². The van der Waals surface area contributed by atoms with Gasteiger partial charge in [0.15, 0.2) is 5.82 Å². The minimum atomic E-state index is -3.79. The van der Waals surface area contributed by atoms with Crippen LogP contribution in [0.3, 0.4) is 0 Å². The molecule has 1 N–H and O–H groups in total. The van der Waals surface area contributed by atoms with Gasteiger partial charge in [-0.25, -0.2) is 13.2 Å². The van der Waals surface area contributed by atoms with Crippen molar-refractivity contribution in [1.29, 1.82) is 0 Å². The number of hydrogen-bond acceptors (Lipinski definition) is 9. The topological polar surface area (TPSA) is 126 Å². The first-order valence-corrected chi connectivity index (χ1v) is 12.2. The van der Waals surface area contributed by atoms with E-state index in [1.807, 2.05) is 36.2 Å². The average molecular weight is 498 g/mol.